The van der Waals surface area contributed by atoms with Gasteiger partial charge in [0.25, 0.3) is 0 Å². The first-order chi connectivity index (χ1) is 15.4. The van der Waals surface area contributed by atoms with Crippen LogP contribution in [0.3, 0.4) is 0 Å². The van der Waals surface area contributed by atoms with Crippen molar-refractivity contribution < 1.29 is 4.79 Å². The molecule has 1 aromatic carbocycles. The van der Waals surface area contributed by atoms with Crippen LogP contribution in [0.5, 0.6) is 0 Å². The third kappa shape index (κ3) is 6.11. The first kappa shape index (κ1) is 23.8. The van der Waals surface area contributed by atoms with Gasteiger partial charge in [-0.25, -0.2) is 9.78 Å². The molecule has 1 N–H and O–H groups in total. The minimum atomic E-state index is -0.0206. The van der Waals surface area contributed by atoms with Gasteiger partial charge in [0.1, 0.15) is 5.82 Å². The summed E-state index contributed by atoms with van der Waals surface area (Å²) < 4.78 is 0. The Morgan fingerprint density at radius 2 is 2.00 bits per heavy atom. The maximum absolute atomic E-state index is 12.8. The van der Waals surface area contributed by atoms with Crippen LogP contribution in [0.4, 0.5) is 10.6 Å². The number of urea groups is 1. The summed E-state index contributed by atoms with van der Waals surface area (Å²) in [6.07, 6.45) is 10.1. The number of hydrogen-bond donors (Lipinski definition) is 1. The van der Waals surface area contributed by atoms with Crippen molar-refractivity contribution in [3.05, 3.63) is 94.1 Å². The summed E-state index contributed by atoms with van der Waals surface area (Å²) in [5.41, 5.74) is 5.73. The lowest BCUT2D eigenvalue weighted by Crippen LogP contribution is -2.45. The number of benzene rings is 1. The topological polar surface area (TPSA) is 48.5 Å². The zero-order valence-corrected chi connectivity index (χ0v) is 20.2. The molecule has 1 aliphatic heterocycles. The number of allylic oxidation sites excluding steroid dienone is 2. The zero-order chi connectivity index (χ0) is 23.1. The van der Waals surface area contributed by atoms with Crippen molar-refractivity contribution in [2.24, 2.45) is 0 Å². The van der Waals surface area contributed by atoms with Gasteiger partial charge in [0, 0.05) is 38.4 Å². The summed E-state index contributed by atoms with van der Waals surface area (Å²) >= 11 is 1.64. The van der Waals surface area contributed by atoms with Crippen LogP contribution in [-0.4, -0.2) is 35.8 Å². The molecule has 0 radical (unpaired) electrons. The highest BCUT2D eigenvalue weighted by Crippen LogP contribution is 2.27. The van der Waals surface area contributed by atoms with Crippen LogP contribution >= 0.6 is 11.8 Å². The van der Waals surface area contributed by atoms with Crippen molar-refractivity contribution in [1.82, 2.24) is 15.2 Å². The highest BCUT2D eigenvalue weighted by Gasteiger charge is 2.29. The van der Waals surface area contributed by atoms with E-state index in [-0.39, 0.29) is 6.03 Å². The predicted octanol–water partition coefficient (Wildman–Crippen LogP) is 5.43. The van der Waals surface area contributed by atoms with E-state index in [1.165, 1.54) is 11.1 Å². The number of carbonyl (C=O) groups is 1. The van der Waals surface area contributed by atoms with E-state index in [1.807, 2.05) is 30.4 Å². The van der Waals surface area contributed by atoms with Gasteiger partial charge in [0.2, 0.25) is 0 Å². The molecule has 0 aliphatic carbocycles. The SMILES string of the molecule is C=C(/C=C\C(=C/C)CNCc1cnc2c(c1)CN(Cc1ccc(C)cc1)C(=O)N2C)SC. The maximum atomic E-state index is 12.8. The van der Waals surface area contributed by atoms with Gasteiger partial charge in [-0.05, 0) is 53.9 Å². The molecular formula is C26H32N4OS. The summed E-state index contributed by atoms with van der Waals surface area (Å²) in [5, 5.41) is 3.49. The maximum Gasteiger partial charge on any atom is 0.326 e. The number of fused-ring (bicyclic) bond motifs is 1. The van der Waals surface area contributed by atoms with Gasteiger partial charge >= 0.3 is 6.03 Å². The smallest absolute Gasteiger partial charge is 0.316 e. The average Bonchev–Trinajstić information content (AvgIpc) is 2.80. The van der Waals surface area contributed by atoms with Crippen LogP contribution in [0.25, 0.3) is 0 Å². The van der Waals surface area contributed by atoms with Crippen molar-refractivity contribution in [2.75, 3.05) is 24.7 Å². The van der Waals surface area contributed by atoms with Crippen LogP contribution in [-0.2, 0) is 19.6 Å². The van der Waals surface area contributed by atoms with Crippen LogP contribution in [0.15, 0.2) is 71.8 Å². The number of anilines is 1. The third-order valence-corrected chi connectivity index (χ3v) is 6.16. The molecule has 3 rings (SSSR count). The average molecular weight is 449 g/mol. The number of nitrogens with zero attached hydrogens (tertiary/aromatic N) is 3. The molecule has 0 fully saturated rings. The van der Waals surface area contributed by atoms with E-state index in [4.69, 9.17) is 0 Å². The van der Waals surface area contributed by atoms with Gasteiger partial charge < -0.3 is 10.2 Å². The van der Waals surface area contributed by atoms with E-state index >= 15 is 0 Å². The number of hydrogen-bond acceptors (Lipinski definition) is 4. The van der Waals surface area contributed by atoms with Gasteiger partial charge in [-0.2, -0.15) is 0 Å². The van der Waals surface area contributed by atoms with E-state index < -0.39 is 0 Å². The number of amides is 2. The summed E-state index contributed by atoms with van der Waals surface area (Å²) in [7, 11) is 1.79. The second-order valence-electron chi connectivity index (χ2n) is 7.98. The summed E-state index contributed by atoms with van der Waals surface area (Å²) in [4.78, 5) is 22.0. The Kier molecular flexibility index (Phi) is 8.31. The van der Waals surface area contributed by atoms with Gasteiger partial charge in [0.05, 0.1) is 6.54 Å². The quantitative estimate of drug-likeness (QED) is 0.520. The lowest BCUT2D eigenvalue weighted by molar-refractivity contribution is 0.196. The Labute approximate surface area is 195 Å². The van der Waals surface area contributed by atoms with Crippen molar-refractivity contribution in [1.29, 1.82) is 0 Å². The molecule has 0 bridgehead atoms. The first-order valence-electron chi connectivity index (χ1n) is 10.7. The summed E-state index contributed by atoms with van der Waals surface area (Å²) in [6.45, 7) is 10.7. The number of carbonyl (C=O) groups excluding carboxylic acids is 1. The van der Waals surface area contributed by atoms with Crippen molar-refractivity contribution >= 4 is 23.6 Å². The highest BCUT2D eigenvalue weighted by atomic mass is 32.2. The van der Waals surface area contributed by atoms with Crippen molar-refractivity contribution in [3.8, 4) is 0 Å². The molecule has 0 spiro atoms. The normalized spacial score (nSPS) is 14.2. The monoisotopic (exact) mass is 448 g/mol. The first-order valence-corrected chi connectivity index (χ1v) is 12.0. The van der Waals surface area contributed by atoms with Crippen LogP contribution < -0.4 is 10.2 Å². The fourth-order valence-corrected chi connectivity index (χ4v) is 3.76. The van der Waals surface area contributed by atoms with Crippen molar-refractivity contribution in [3.63, 3.8) is 0 Å². The molecule has 168 valence electrons. The molecule has 0 unspecified atom stereocenters. The molecule has 2 heterocycles. The standard InChI is InChI=1S/C26H32N4OS/c1-6-21(12-9-20(3)32-5)14-27-15-23-13-24-18-30(17-22-10-7-19(2)8-11-22)26(31)29(4)25(24)28-16-23/h6-13,16,27H,3,14-15,17-18H2,1-2,4-5H3/b12-9-,21-6+. The van der Waals surface area contributed by atoms with E-state index in [1.54, 1.807) is 23.7 Å². The Morgan fingerprint density at radius 3 is 2.69 bits per heavy atom. The molecule has 2 aromatic rings. The molecule has 2 amide bonds. The van der Waals surface area contributed by atoms with E-state index in [0.29, 0.717) is 19.6 Å². The Hall–Kier alpha value is -2.83. The van der Waals surface area contributed by atoms with E-state index in [9.17, 15) is 4.79 Å². The molecule has 0 atom stereocenters. The van der Waals surface area contributed by atoms with Crippen LogP contribution in [0, 0.1) is 6.92 Å². The fourth-order valence-electron chi connectivity index (χ4n) is 3.56. The van der Waals surface area contributed by atoms with Crippen LogP contribution in [0.1, 0.15) is 29.2 Å². The lowest BCUT2D eigenvalue weighted by Gasteiger charge is -2.34. The summed E-state index contributed by atoms with van der Waals surface area (Å²) in [5.74, 6) is 0.742. The molecular weight excluding hydrogens is 416 g/mol. The number of aryl methyl sites for hydroxylation is 1. The van der Waals surface area contributed by atoms with Gasteiger partial charge in [-0.1, -0.05) is 48.6 Å². The number of thioether (sulfide) groups is 1. The molecule has 32 heavy (non-hydrogen) atoms. The molecule has 5 nitrogen and oxygen atoms in total. The second kappa shape index (κ2) is 11.2. The number of rotatable bonds is 9. The second-order valence-corrected chi connectivity index (χ2v) is 8.91. The molecule has 1 aromatic heterocycles. The largest absolute Gasteiger partial charge is 0.326 e. The molecule has 0 saturated heterocycles. The van der Waals surface area contributed by atoms with Gasteiger partial charge in [-0.15, -0.1) is 11.8 Å². The fraction of sp³-hybridized carbons (Fsp3) is 0.308. The number of aromatic nitrogens is 1. The zero-order valence-electron chi connectivity index (χ0n) is 19.4. The van der Waals surface area contributed by atoms with E-state index in [2.05, 4.69) is 66.3 Å². The van der Waals surface area contributed by atoms with Crippen molar-refractivity contribution in [2.45, 2.75) is 33.5 Å². The Morgan fingerprint density at radius 1 is 1.25 bits per heavy atom. The minimum Gasteiger partial charge on any atom is -0.316 e. The van der Waals surface area contributed by atoms with Gasteiger partial charge in [0.15, 0.2) is 0 Å². The van der Waals surface area contributed by atoms with E-state index in [0.717, 1.165) is 34.0 Å². The van der Waals surface area contributed by atoms with Gasteiger partial charge in [-0.3, -0.25) is 4.90 Å². The summed E-state index contributed by atoms with van der Waals surface area (Å²) in [6, 6.07) is 10.5. The molecule has 0 saturated carbocycles. The number of pyridine rings is 1. The number of nitrogens with one attached hydrogen (secondary N) is 1. The third-order valence-electron chi connectivity index (χ3n) is 5.50. The predicted molar refractivity (Wildman–Crippen MR) is 136 cm³/mol. The lowest BCUT2D eigenvalue weighted by atomic mass is 10.1. The molecule has 1 aliphatic rings. The molecule has 6 heteroatoms. The minimum absolute atomic E-state index is 0.0206. The Balaban J connectivity index is 1.65. The van der Waals surface area contributed by atoms with Crippen LogP contribution in [0.2, 0.25) is 0 Å². The highest BCUT2D eigenvalue weighted by molar-refractivity contribution is 8.02. The Bertz CT molecular complexity index is 1030.